The lowest BCUT2D eigenvalue weighted by atomic mass is 10.0. The molecule has 0 radical (unpaired) electrons. The van der Waals surface area contributed by atoms with Crippen molar-refractivity contribution in [3.8, 4) is 11.3 Å². The number of carboxylic acid groups (broad SMARTS) is 1. The van der Waals surface area contributed by atoms with Crippen molar-refractivity contribution in [1.29, 1.82) is 0 Å². The van der Waals surface area contributed by atoms with Gasteiger partial charge in [-0.2, -0.15) is 13.2 Å². The number of likely N-dealkylation sites (tertiary alicyclic amines) is 1. The summed E-state index contributed by atoms with van der Waals surface area (Å²) in [4.78, 5) is 38.5. The highest BCUT2D eigenvalue weighted by Gasteiger charge is 2.55. The third kappa shape index (κ3) is 3.66. The molecule has 2 aliphatic rings. The van der Waals surface area contributed by atoms with Gasteiger partial charge in [-0.3, -0.25) is 19.6 Å². The molecule has 1 saturated heterocycles. The summed E-state index contributed by atoms with van der Waals surface area (Å²) < 4.78 is 38.1. The van der Waals surface area contributed by atoms with Crippen LogP contribution in [0.4, 0.5) is 23.8 Å². The third-order valence-corrected chi connectivity index (χ3v) is 5.67. The van der Waals surface area contributed by atoms with Crippen molar-refractivity contribution in [2.75, 3.05) is 18.5 Å². The number of carbonyl (C=O) groups is 2. The van der Waals surface area contributed by atoms with E-state index in [4.69, 9.17) is 0 Å². The molecule has 158 valence electrons. The lowest BCUT2D eigenvalue weighted by Gasteiger charge is -2.25. The first-order chi connectivity index (χ1) is 14.1. The van der Waals surface area contributed by atoms with Crippen molar-refractivity contribution in [3.05, 3.63) is 36.4 Å². The molecule has 30 heavy (non-hydrogen) atoms. The molecule has 2 amide bonds. The molecule has 1 aliphatic carbocycles. The van der Waals surface area contributed by atoms with E-state index in [-0.39, 0.29) is 11.2 Å². The predicted molar refractivity (Wildman–Crippen MR) is 98.5 cm³/mol. The van der Waals surface area contributed by atoms with Gasteiger partial charge in [0.25, 0.3) is 5.91 Å². The zero-order valence-electron chi connectivity index (χ0n) is 15.9. The van der Waals surface area contributed by atoms with E-state index in [1.165, 1.54) is 35.3 Å². The van der Waals surface area contributed by atoms with E-state index in [1.807, 2.05) is 0 Å². The van der Waals surface area contributed by atoms with Gasteiger partial charge in [-0.1, -0.05) is 0 Å². The van der Waals surface area contributed by atoms with Gasteiger partial charge >= 0.3 is 12.3 Å². The number of likely N-dealkylation sites (N-methyl/N-ethyl adjacent to an activating group) is 1. The summed E-state index contributed by atoms with van der Waals surface area (Å²) >= 11 is 0. The molecule has 1 atom stereocenters. The van der Waals surface area contributed by atoms with Crippen molar-refractivity contribution in [1.82, 2.24) is 19.9 Å². The smallest absolute Gasteiger partial charge is 0.433 e. The number of anilines is 1. The number of hydrogen-bond acceptors (Lipinski definition) is 5. The summed E-state index contributed by atoms with van der Waals surface area (Å²) in [6.07, 6.45) is -1.15. The summed E-state index contributed by atoms with van der Waals surface area (Å²) in [5.41, 5.74) is -0.488. The number of hydrogen-bond donors (Lipinski definition) is 1. The standard InChI is InChI=1S/C19H18F3N5O3/c1-26(16(28)13-7-18(4-5-18)9-27(13)17(29)30)15-6-12(24-10-25-15)11-2-3-14(23-8-11)19(20,21)22/h2-3,6,8,10,13H,4-5,7,9H2,1H3,(H,29,30)/t13-/m0/s1. The van der Waals surface area contributed by atoms with Gasteiger partial charge in [-0.05, 0) is 36.8 Å². The van der Waals surface area contributed by atoms with Gasteiger partial charge in [-0.15, -0.1) is 0 Å². The molecule has 0 unspecified atom stereocenters. The minimum atomic E-state index is -4.54. The Hall–Kier alpha value is -3.24. The second kappa shape index (κ2) is 6.92. The Morgan fingerprint density at radius 2 is 1.97 bits per heavy atom. The fourth-order valence-corrected chi connectivity index (χ4v) is 3.75. The number of amides is 2. The van der Waals surface area contributed by atoms with Crippen LogP contribution in [0.15, 0.2) is 30.7 Å². The average molecular weight is 421 g/mol. The van der Waals surface area contributed by atoms with Gasteiger partial charge in [0, 0.05) is 31.4 Å². The van der Waals surface area contributed by atoms with Crippen molar-refractivity contribution in [2.24, 2.45) is 5.41 Å². The Morgan fingerprint density at radius 3 is 2.53 bits per heavy atom. The Labute approximate surface area is 169 Å². The second-order valence-electron chi connectivity index (χ2n) is 7.72. The molecule has 1 aliphatic heterocycles. The van der Waals surface area contributed by atoms with Crippen molar-refractivity contribution >= 4 is 17.8 Å². The van der Waals surface area contributed by atoms with E-state index in [0.717, 1.165) is 25.1 Å². The Balaban J connectivity index is 1.56. The van der Waals surface area contributed by atoms with E-state index in [0.29, 0.717) is 24.2 Å². The Bertz CT molecular complexity index is 992. The van der Waals surface area contributed by atoms with Crippen LogP contribution in [-0.2, 0) is 11.0 Å². The summed E-state index contributed by atoms with van der Waals surface area (Å²) in [6.45, 7) is 0.346. The number of pyridine rings is 1. The Morgan fingerprint density at radius 1 is 1.23 bits per heavy atom. The highest BCUT2D eigenvalue weighted by Crippen LogP contribution is 2.55. The predicted octanol–water partition coefficient (Wildman–Crippen LogP) is 3.05. The number of alkyl halides is 3. The monoisotopic (exact) mass is 421 g/mol. The highest BCUT2D eigenvalue weighted by molar-refractivity contribution is 5.98. The van der Waals surface area contributed by atoms with Crippen LogP contribution >= 0.6 is 0 Å². The van der Waals surface area contributed by atoms with E-state index >= 15 is 0 Å². The minimum Gasteiger partial charge on any atom is -0.465 e. The van der Waals surface area contributed by atoms with E-state index < -0.39 is 29.9 Å². The first kappa shape index (κ1) is 20.0. The number of aromatic nitrogens is 3. The molecule has 0 aromatic carbocycles. The molecule has 2 aromatic heterocycles. The van der Waals surface area contributed by atoms with Gasteiger partial charge in [-0.25, -0.2) is 14.8 Å². The van der Waals surface area contributed by atoms with Gasteiger partial charge in [0.15, 0.2) is 0 Å². The number of carbonyl (C=O) groups excluding carboxylic acids is 1. The maximum atomic E-state index is 13.0. The van der Waals surface area contributed by atoms with E-state index in [1.54, 1.807) is 0 Å². The first-order valence-electron chi connectivity index (χ1n) is 9.22. The molecule has 2 aromatic rings. The second-order valence-corrected chi connectivity index (χ2v) is 7.72. The zero-order chi connectivity index (χ0) is 21.7. The van der Waals surface area contributed by atoms with Gasteiger partial charge < -0.3 is 5.11 Å². The van der Waals surface area contributed by atoms with Crippen molar-refractivity contribution < 1.29 is 27.9 Å². The van der Waals surface area contributed by atoms with E-state index in [9.17, 15) is 27.9 Å². The summed E-state index contributed by atoms with van der Waals surface area (Å²) in [7, 11) is 1.48. The minimum absolute atomic E-state index is 0.0950. The highest BCUT2D eigenvalue weighted by atomic mass is 19.4. The maximum absolute atomic E-state index is 13.0. The SMILES string of the molecule is CN(C(=O)[C@@H]1CC2(CC2)CN1C(=O)O)c1cc(-c2ccc(C(F)(F)F)nc2)ncn1. The molecule has 1 spiro atoms. The number of halogens is 3. The molecule has 2 fully saturated rings. The lowest BCUT2D eigenvalue weighted by Crippen LogP contribution is -2.46. The molecule has 1 saturated carbocycles. The topological polar surface area (TPSA) is 99.5 Å². The fraction of sp³-hybridized carbons (Fsp3) is 0.421. The Kier molecular flexibility index (Phi) is 4.63. The maximum Gasteiger partial charge on any atom is 0.433 e. The van der Waals surface area contributed by atoms with Crippen LogP contribution in [0.3, 0.4) is 0 Å². The molecular formula is C19H18F3N5O3. The molecule has 0 bridgehead atoms. The number of nitrogens with zero attached hydrogens (tertiary/aromatic N) is 5. The number of rotatable bonds is 3. The van der Waals surface area contributed by atoms with E-state index in [2.05, 4.69) is 15.0 Å². The van der Waals surface area contributed by atoms with Crippen LogP contribution in [0.25, 0.3) is 11.3 Å². The van der Waals surface area contributed by atoms with Crippen LogP contribution < -0.4 is 4.90 Å². The summed E-state index contributed by atoms with van der Waals surface area (Å²) in [5, 5.41) is 9.46. The van der Waals surface area contributed by atoms with Gasteiger partial charge in [0.05, 0.1) is 5.69 Å². The molecule has 3 heterocycles. The third-order valence-electron chi connectivity index (χ3n) is 5.67. The zero-order valence-corrected chi connectivity index (χ0v) is 15.9. The molecular weight excluding hydrogens is 403 g/mol. The fourth-order valence-electron chi connectivity index (χ4n) is 3.75. The van der Waals surface area contributed by atoms with Crippen molar-refractivity contribution in [2.45, 2.75) is 31.5 Å². The average Bonchev–Trinajstić information content (AvgIpc) is 3.36. The van der Waals surface area contributed by atoms with Crippen LogP contribution in [0, 0.1) is 5.41 Å². The van der Waals surface area contributed by atoms with Gasteiger partial charge in [0.1, 0.15) is 23.9 Å². The van der Waals surface area contributed by atoms with Crippen molar-refractivity contribution in [3.63, 3.8) is 0 Å². The summed E-state index contributed by atoms with van der Waals surface area (Å²) in [6, 6.07) is 2.75. The molecule has 11 heteroatoms. The quantitative estimate of drug-likeness (QED) is 0.818. The first-order valence-corrected chi connectivity index (χ1v) is 9.22. The summed E-state index contributed by atoms with van der Waals surface area (Å²) in [5.74, 6) is -0.191. The van der Waals surface area contributed by atoms with Crippen LogP contribution in [-0.4, -0.2) is 56.6 Å². The molecule has 1 N–H and O–H groups in total. The normalized spacial score (nSPS) is 19.7. The van der Waals surface area contributed by atoms with Crippen LogP contribution in [0.1, 0.15) is 25.0 Å². The molecule has 4 rings (SSSR count). The van der Waals surface area contributed by atoms with Crippen LogP contribution in [0.2, 0.25) is 0 Å². The van der Waals surface area contributed by atoms with Gasteiger partial charge in [0.2, 0.25) is 0 Å². The molecule has 8 nitrogen and oxygen atoms in total. The largest absolute Gasteiger partial charge is 0.465 e. The lowest BCUT2D eigenvalue weighted by molar-refractivity contribution is -0.141. The van der Waals surface area contributed by atoms with Crippen LogP contribution in [0.5, 0.6) is 0 Å².